The van der Waals surface area contributed by atoms with Crippen LogP contribution in [0.2, 0.25) is 5.02 Å². The maximum absolute atomic E-state index is 12.0. The van der Waals surface area contributed by atoms with Crippen molar-refractivity contribution in [3.05, 3.63) is 28.8 Å². The Morgan fingerprint density at radius 3 is 2.55 bits per heavy atom. The molecule has 1 aromatic carbocycles. The molecule has 0 saturated heterocycles. The van der Waals surface area contributed by atoms with E-state index in [1.165, 1.54) is 6.07 Å². The number of rotatable bonds is 5. The van der Waals surface area contributed by atoms with Gasteiger partial charge < -0.3 is 16.2 Å². The number of nitrogens with two attached hydrogens (primary N) is 1. The van der Waals surface area contributed by atoms with Crippen LogP contribution in [-0.2, 0) is 4.79 Å². The number of halogens is 1. The van der Waals surface area contributed by atoms with E-state index in [2.05, 4.69) is 5.32 Å². The van der Waals surface area contributed by atoms with Crippen molar-refractivity contribution in [2.75, 3.05) is 12.3 Å². The summed E-state index contributed by atoms with van der Waals surface area (Å²) in [5, 5.41) is 12.1. The summed E-state index contributed by atoms with van der Waals surface area (Å²) < 4.78 is 0. The normalized spacial score (nSPS) is 16.2. The van der Waals surface area contributed by atoms with Gasteiger partial charge in [0.25, 0.3) is 5.91 Å². The Bertz CT molecular complexity index is 521. The third-order valence-electron chi connectivity index (χ3n) is 3.75. The van der Waals surface area contributed by atoms with Crippen LogP contribution >= 0.6 is 11.6 Å². The van der Waals surface area contributed by atoms with Crippen LogP contribution in [0.5, 0.6) is 0 Å². The van der Waals surface area contributed by atoms with E-state index in [0.717, 1.165) is 19.3 Å². The number of amides is 1. The highest BCUT2D eigenvalue weighted by Crippen LogP contribution is 2.43. The van der Waals surface area contributed by atoms with Crippen molar-refractivity contribution in [3.8, 4) is 0 Å². The lowest BCUT2D eigenvalue weighted by Gasteiger charge is -2.40. The van der Waals surface area contributed by atoms with Crippen molar-refractivity contribution in [3.63, 3.8) is 0 Å². The minimum absolute atomic E-state index is 0.0883. The summed E-state index contributed by atoms with van der Waals surface area (Å²) in [6.07, 6.45) is 2.76. The zero-order valence-corrected chi connectivity index (χ0v) is 11.7. The maximum Gasteiger partial charge on any atom is 0.303 e. The third-order valence-corrected chi connectivity index (χ3v) is 3.96. The molecule has 0 bridgehead atoms. The van der Waals surface area contributed by atoms with Crippen LogP contribution in [-0.4, -0.2) is 23.5 Å². The van der Waals surface area contributed by atoms with Crippen molar-refractivity contribution in [2.45, 2.75) is 25.7 Å². The van der Waals surface area contributed by atoms with E-state index in [0.29, 0.717) is 22.8 Å². The summed E-state index contributed by atoms with van der Waals surface area (Å²) in [4.78, 5) is 22.9. The Balaban J connectivity index is 1.99. The molecule has 0 heterocycles. The first-order valence-electron chi connectivity index (χ1n) is 6.46. The second kappa shape index (κ2) is 5.71. The fourth-order valence-electron chi connectivity index (χ4n) is 2.53. The Hall–Kier alpha value is -1.75. The van der Waals surface area contributed by atoms with Gasteiger partial charge in [-0.25, -0.2) is 0 Å². The van der Waals surface area contributed by atoms with E-state index in [1.807, 2.05) is 0 Å². The molecule has 108 valence electrons. The van der Waals surface area contributed by atoms with E-state index >= 15 is 0 Å². The fourth-order valence-corrected chi connectivity index (χ4v) is 2.77. The van der Waals surface area contributed by atoms with Gasteiger partial charge in [0.2, 0.25) is 0 Å². The second-order valence-electron chi connectivity index (χ2n) is 5.38. The molecule has 1 amide bonds. The first kappa shape index (κ1) is 14.7. The quantitative estimate of drug-likeness (QED) is 0.727. The van der Waals surface area contributed by atoms with Crippen molar-refractivity contribution < 1.29 is 14.7 Å². The minimum Gasteiger partial charge on any atom is -0.481 e. The molecule has 1 aliphatic rings. The molecule has 1 saturated carbocycles. The zero-order valence-electron chi connectivity index (χ0n) is 11.0. The summed E-state index contributed by atoms with van der Waals surface area (Å²) in [6.45, 7) is 0.366. The number of anilines is 1. The minimum atomic E-state index is -0.828. The van der Waals surface area contributed by atoms with Gasteiger partial charge in [0.1, 0.15) is 0 Å². The molecule has 0 aromatic heterocycles. The molecule has 4 N–H and O–H groups in total. The van der Waals surface area contributed by atoms with Gasteiger partial charge in [-0.2, -0.15) is 0 Å². The molecule has 0 unspecified atom stereocenters. The van der Waals surface area contributed by atoms with Gasteiger partial charge in [-0.1, -0.05) is 18.0 Å². The summed E-state index contributed by atoms with van der Waals surface area (Å²) >= 11 is 5.85. The number of nitrogens with one attached hydrogen (secondary N) is 1. The number of benzene rings is 1. The molecule has 1 fully saturated rings. The van der Waals surface area contributed by atoms with Crippen LogP contribution in [0.3, 0.4) is 0 Å². The van der Waals surface area contributed by atoms with E-state index in [1.54, 1.807) is 12.1 Å². The first-order valence-corrected chi connectivity index (χ1v) is 6.84. The number of carbonyl (C=O) groups is 2. The van der Waals surface area contributed by atoms with Crippen LogP contribution < -0.4 is 11.1 Å². The number of hydrogen-bond acceptors (Lipinski definition) is 3. The molecule has 0 radical (unpaired) electrons. The molecule has 1 aromatic rings. The van der Waals surface area contributed by atoms with E-state index in [-0.39, 0.29) is 17.7 Å². The van der Waals surface area contributed by atoms with Crippen LogP contribution in [0, 0.1) is 5.41 Å². The van der Waals surface area contributed by atoms with E-state index < -0.39 is 5.97 Å². The lowest BCUT2D eigenvalue weighted by molar-refractivity contribution is -0.141. The number of carboxylic acid groups (broad SMARTS) is 1. The molecule has 1 aliphatic carbocycles. The summed E-state index contributed by atoms with van der Waals surface area (Å²) in [7, 11) is 0. The van der Waals surface area contributed by atoms with Gasteiger partial charge in [0, 0.05) is 22.8 Å². The van der Waals surface area contributed by atoms with Crippen LogP contribution in [0.1, 0.15) is 36.0 Å². The summed E-state index contributed by atoms with van der Waals surface area (Å²) in [5.74, 6) is -1.11. The van der Waals surface area contributed by atoms with E-state index in [9.17, 15) is 9.59 Å². The Morgan fingerprint density at radius 2 is 2.05 bits per heavy atom. The summed E-state index contributed by atoms with van der Waals surface area (Å²) in [5.41, 5.74) is 6.15. The molecule has 20 heavy (non-hydrogen) atoms. The largest absolute Gasteiger partial charge is 0.481 e. The maximum atomic E-state index is 12.0. The molecule has 0 atom stereocenters. The standard InChI is InChI=1S/C14H17ClN2O3/c15-10-4-9(5-11(16)6-10)13(20)17-8-14(2-1-3-14)7-12(18)19/h4-6H,1-3,7-8,16H2,(H,17,20)(H,18,19). The van der Waals surface area contributed by atoms with Crippen LogP contribution in [0.25, 0.3) is 0 Å². The number of hydrogen-bond donors (Lipinski definition) is 3. The number of carboxylic acids is 1. The zero-order chi connectivity index (χ0) is 14.8. The Labute approximate surface area is 122 Å². The fraction of sp³-hybridized carbons (Fsp3) is 0.429. The van der Waals surface area contributed by atoms with Gasteiger partial charge in [-0.15, -0.1) is 0 Å². The topological polar surface area (TPSA) is 92.4 Å². The number of aliphatic carboxylic acids is 1. The lowest BCUT2D eigenvalue weighted by Crippen LogP contribution is -2.43. The monoisotopic (exact) mass is 296 g/mol. The molecule has 2 rings (SSSR count). The molecular weight excluding hydrogens is 280 g/mol. The average molecular weight is 297 g/mol. The third kappa shape index (κ3) is 3.42. The van der Waals surface area contributed by atoms with Gasteiger partial charge in [0.05, 0.1) is 6.42 Å². The SMILES string of the molecule is Nc1cc(Cl)cc(C(=O)NCC2(CC(=O)O)CCC2)c1. The highest BCUT2D eigenvalue weighted by atomic mass is 35.5. The van der Waals surface area contributed by atoms with E-state index in [4.69, 9.17) is 22.4 Å². The van der Waals surface area contributed by atoms with Gasteiger partial charge in [-0.3, -0.25) is 9.59 Å². The van der Waals surface area contributed by atoms with Crippen LogP contribution in [0.15, 0.2) is 18.2 Å². The summed E-state index contributed by atoms with van der Waals surface area (Å²) in [6, 6.07) is 4.65. The first-order chi connectivity index (χ1) is 9.40. The highest BCUT2D eigenvalue weighted by Gasteiger charge is 2.39. The second-order valence-corrected chi connectivity index (χ2v) is 5.82. The van der Waals surface area contributed by atoms with Crippen molar-refractivity contribution in [2.24, 2.45) is 5.41 Å². The number of carbonyl (C=O) groups excluding carboxylic acids is 1. The lowest BCUT2D eigenvalue weighted by atomic mass is 9.66. The molecule has 0 spiro atoms. The predicted octanol–water partition coefficient (Wildman–Crippen LogP) is 2.30. The smallest absolute Gasteiger partial charge is 0.303 e. The number of nitrogen functional groups attached to an aromatic ring is 1. The highest BCUT2D eigenvalue weighted by molar-refractivity contribution is 6.31. The molecule has 6 heteroatoms. The molecule has 0 aliphatic heterocycles. The van der Waals surface area contributed by atoms with Crippen LogP contribution in [0.4, 0.5) is 5.69 Å². The predicted molar refractivity (Wildman–Crippen MR) is 76.7 cm³/mol. The van der Waals surface area contributed by atoms with Crippen molar-refractivity contribution in [1.82, 2.24) is 5.32 Å². The Morgan fingerprint density at radius 1 is 1.35 bits per heavy atom. The van der Waals surface area contributed by atoms with Gasteiger partial charge in [0.15, 0.2) is 0 Å². The van der Waals surface area contributed by atoms with Crippen molar-refractivity contribution >= 4 is 29.2 Å². The molecule has 5 nitrogen and oxygen atoms in total. The Kier molecular flexibility index (Phi) is 4.18. The van der Waals surface area contributed by atoms with Gasteiger partial charge in [-0.05, 0) is 36.5 Å². The average Bonchev–Trinajstić information content (AvgIpc) is 2.30. The van der Waals surface area contributed by atoms with Gasteiger partial charge >= 0.3 is 5.97 Å². The molecular formula is C14H17ClN2O3. The van der Waals surface area contributed by atoms with Crippen molar-refractivity contribution in [1.29, 1.82) is 0 Å².